The number of rotatable bonds is 1. The second-order valence-corrected chi connectivity index (χ2v) is 1.09. The van der Waals surface area contributed by atoms with Crippen molar-refractivity contribution >= 4 is 6.03 Å². The predicted molar refractivity (Wildman–Crippen MR) is 24.7 cm³/mol. The van der Waals surface area contributed by atoms with Gasteiger partial charge in [0.25, 0.3) is 0 Å². The van der Waals surface area contributed by atoms with Crippen molar-refractivity contribution in [2.24, 2.45) is 11.6 Å². The molecule has 0 spiro atoms. The largest absolute Gasteiger partial charge is 0.351 e. The van der Waals surface area contributed by atoms with Crippen LogP contribution in [-0.2, 0) is 0 Å². The maximum absolute atomic E-state index is 9.80. The van der Waals surface area contributed by atoms with Gasteiger partial charge in [-0.1, -0.05) is 0 Å². The molecule has 0 aliphatic heterocycles. The Bertz CT molecular complexity index is 70.1. The first kappa shape index (κ1) is 6.19. The van der Waals surface area contributed by atoms with Crippen molar-refractivity contribution < 1.29 is 4.79 Å². The summed E-state index contributed by atoms with van der Waals surface area (Å²) in [6.07, 6.45) is 0. The summed E-state index contributed by atoms with van der Waals surface area (Å²) in [4.78, 5) is 9.80. The Morgan fingerprint density at radius 2 is 2.29 bits per heavy atom. The Hall–Kier alpha value is -0.810. The monoisotopic (exact) mass is 104 g/mol. The highest BCUT2D eigenvalue weighted by Crippen LogP contribution is 1.53. The van der Waals surface area contributed by atoms with Gasteiger partial charge in [-0.25, -0.2) is 4.79 Å². The highest BCUT2D eigenvalue weighted by atomic mass is 16.2. The summed E-state index contributed by atoms with van der Waals surface area (Å²) in [5, 5.41) is 0.975. The van der Waals surface area contributed by atoms with Gasteiger partial charge in [0.15, 0.2) is 0 Å². The van der Waals surface area contributed by atoms with Gasteiger partial charge in [-0.2, -0.15) is 5.12 Å². The van der Waals surface area contributed by atoms with Crippen LogP contribution in [0.5, 0.6) is 0 Å². The van der Waals surface area contributed by atoms with Crippen LogP contribution in [-0.4, -0.2) is 18.2 Å². The van der Waals surface area contributed by atoms with E-state index in [4.69, 9.17) is 5.84 Å². The molecule has 0 unspecified atom stereocenters. The number of hydrazine groups is 2. The molecule has 0 rings (SSSR count). The maximum atomic E-state index is 9.80. The molecule has 2 amide bonds. The maximum Gasteiger partial charge on any atom is 0.327 e. The summed E-state index contributed by atoms with van der Waals surface area (Å²) in [5.74, 6) is 4.91. The summed E-state index contributed by atoms with van der Waals surface area (Å²) in [6, 6.07) is -0.662. The van der Waals surface area contributed by atoms with E-state index >= 15 is 0 Å². The summed E-state index contributed by atoms with van der Waals surface area (Å²) >= 11 is 0. The van der Waals surface area contributed by atoms with Crippen LogP contribution in [0.15, 0.2) is 0 Å². The van der Waals surface area contributed by atoms with E-state index in [1.54, 1.807) is 0 Å². The molecule has 0 bridgehead atoms. The molecule has 0 saturated carbocycles. The molecule has 0 aliphatic carbocycles. The first-order chi connectivity index (χ1) is 3.13. The van der Waals surface area contributed by atoms with Crippen molar-refractivity contribution in [3.05, 3.63) is 0 Å². The van der Waals surface area contributed by atoms with Crippen LogP contribution in [0.25, 0.3) is 0 Å². The van der Waals surface area contributed by atoms with E-state index in [1.165, 1.54) is 7.05 Å². The lowest BCUT2D eigenvalue weighted by atomic mass is 11.1. The lowest BCUT2D eigenvalue weighted by Crippen LogP contribution is -2.46. The first-order valence-corrected chi connectivity index (χ1v) is 1.67. The fraction of sp³-hybridized carbons (Fsp3) is 0.500. The molecular weight excluding hydrogens is 96.0 g/mol. The van der Waals surface area contributed by atoms with E-state index in [0.717, 1.165) is 5.12 Å². The molecule has 0 aromatic carbocycles. The van der Waals surface area contributed by atoms with Gasteiger partial charge in [0.05, 0.1) is 0 Å². The zero-order valence-corrected chi connectivity index (χ0v) is 4.01. The number of carbonyl (C=O) groups excluding carboxylic acids is 1. The number of nitrogens with zero attached hydrogens (tertiary/aromatic N) is 1. The second-order valence-electron chi connectivity index (χ2n) is 1.09. The highest BCUT2D eigenvalue weighted by molar-refractivity contribution is 5.70. The van der Waals surface area contributed by atoms with Gasteiger partial charge in [-0.3, -0.25) is 11.3 Å². The fourth-order valence-corrected chi connectivity index (χ4v) is 0.174. The van der Waals surface area contributed by atoms with Crippen LogP contribution in [0.3, 0.4) is 0 Å². The van der Waals surface area contributed by atoms with Crippen molar-refractivity contribution in [2.75, 3.05) is 7.05 Å². The molecule has 0 saturated heterocycles. The molecule has 7 heavy (non-hydrogen) atoms. The van der Waals surface area contributed by atoms with Crippen molar-refractivity contribution in [3.63, 3.8) is 0 Å². The van der Waals surface area contributed by atoms with Crippen molar-refractivity contribution in [2.45, 2.75) is 0 Å². The number of carbonyl (C=O) groups is 1. The second kappa shape index (κ2) is 2.38. The third-order valence-electron chi connectivity index (χ3n) is 0.287. The van der Waals surface area contributed by atoms with Crippen LogP contribution in [0.4, 0.5) is 4.79 Å². The van der Waals surface area contributed by atoms with Gasteiger partial charge in [-0.15, -0.1) is 0 Å². The minimum atomic E-state index is -0.662. The first-order valence-electron chi connectivity index (χ1n) is 1.67. The van der Waals surface area contributed by atoms with E-state index in [-0.39, 0.29) is 0 Å². The van der Waals surface area contributed by atoms with Crippen molar-refractivity contribution in [1.29, 1.82) is 0 Å². The molecule has 0 aliphatic rings. The SMILES string of the molecule is CN(N)NC(N)=O. The Morgan fingerprint density at radius 3 is 2.29 bits per heavy atom. The molecule has 5 heteroatoms. The molecule has 0 atom stereocenters. The smallest absolute Gasteiger partial charge is 0.327 e. The standard InChI is InChI=1S/C2H8N4O/c1-6(4)5-2(3)7/h4H2,1H3,(H3,3,5,7). The van der Waals surface area contributed by atoms with Crippen LogP contribution >= 0.6 is 0 Å². The number of nitrogens with one attached hydrogen (secondary N) is 1. The highest BCUT2D eigenvalue weighted by Gasteiger charge is 1.88. The minimum Gasteiger partial charge on any atom is -0.351 e. The molecular formula is C2H8N4O. The van der Waals surface area contributed by atoms with Crippen LogP contribution in [0, 0.1) is 0 Å². The van der Waals surface area contributed by atoms with E-state index in [9.17, 15) is 4.79 Å². The van der Waals surface area contributed by atoms with Gasteiger partial charge < -0.3 is 5.73 Å². The summed E-state index contributed by atoms with van der Waals surface area (Å²) in [7, 11) is 1.46. The van der Waals surface area contributed by atoms with Gasteiger partial charge in [-0.05, 0) is 0 Å². The Balaban J connectivity index is 3.13. The van der Waals surface area contributed by atoms with Gasteiger partial charge >= 0.3 is 6.03 Å². The Morgan fingerprint density at radius 1 is 1.86 bits per heavy atom. The molecule has 0 aromatic heterocycles. The predicted octanol–water partition coefficient (Wildman–Crippen LogP) is -1.62. The zero-order valence-electron chi connectivity index (χ0n) is 4.01. The summed E-state index contributed by atoms with van der Waals surface area (Å²) in [6.45, 7) is 0. The molecule has 0 aromatic rings. The third kappa shape index (κ3) is 5.19. The average Bonchev–Trinajstić information content (AvgIpc) is 1.27. The molecule has 0 heterocycles. The summed E-state index contributed by atoms with van der Waals surface area (Å²) in [5.41, 5.74) is 6.68. The number of primary amides is 1. The van der Waals surface area contributed by atoms with Gasteiger partial charge in [0, 0.05) is 7.05 Å². The molecule has 0 radical (unpaired) electrons. The van der Waals surface area contributed by atoms with E-state index < -0.39 is 6.03 Å². The Labute approximate surface area is 41.2 Å². The number of nitrogens with two attached hydrogens (primary N) is 2. The fourth-order valence-electron chi connectivity index (χ4n) is 0.174. The van der Waals surface area contributed by atoms with Crippen LogP contribution in [0.2, 0.25) is 0 Å². The lowest BCUT2D eigenvalue weighted by Gasteiger charge is -2.06. The van der Waals surface area contributed by atoms with Gasteiger partial charge in [0.2, 0.25) is 0 Å². The van der Waals surface area contributed by atoms with E-state index in [0.29, 0.717) is 0 Å². The third-order valence-corrected chi connectivity index (χ3v) is 0.287. The topological polar surface area (TPSA) is 84.4 Å². The normalized spacial score (nSPS) is 9.00. The quantitative estimate of drug-likeness (QED) is 0.276. The van der Waals surface area contributed by atoms with E-state index in [1.807, 2.05) is 0 Å². The van der Waals surface area contributed by atoms with Gasteiger partial charge in [0.1, 0.15) is 0 Å². The van der Waals surface area contributed by atoms with Crippen LogP contribution < -0.4 is 17.0 Å². The number of urea groups is 1. The van der Waals surface area contributed by atoms with E-state index in [2.05, 4.69) is 11.2 Å². The Kier molecular flexibility index (Phi) is 2.10. The molecule has 42 valence electrons. The number of amides is 2. The lowest BCUT2D eigenvalue weighted by molar-refractivity contribution is 0.208. The molecule has 0 fully saturated rings. The van der Waals surface area contributed by atoms with Crippen molar-refractivity contribution in [1.82, 2.24) is 10.5 Å². The number of hydrogen-bond donors (Lipinski definition) is 3. The minimum absolute atomic E-state index is 0.662. The number of hydrogen-bond acceptors (Lipinski definition) is 3. The van der Waals surface area contributed by atoms with Crippen LogP contribution in [0.1, 0.15) is 0 Å². The average molecular weight is 104 g/mol. The van der Waals surface area contributed by atoms with Crippen molar-refractivity contribution in [3.8, 4) is 0 Å². The molecule has 5 N–H and O–H groups in total. The zero-order chi connectivity index (χ0) is 5.86. The molecule has 5 nitrogen and oxygen atoms in total. The summed E-state index contributed by atoms with van der Waals surface area (Å²) < 4.78 is 0.